The van der Waals surface area contributed by atoms with Gasteiger partial charge in [-0.25, -0.2) is 5.01 Å². The molecule has 2 aromatic rings. The van der Waals surface area contributed by atoms with Gasteiger partial charge in [0.15, 0.2) is 11.5 Å². The number of fused-ring (bicyclic) bond motifs is 1. The second kappa shape index (κ2) is 5.66. The molecule has 2 aromatic carbocycles. The second-order valence-electron chi connectivity index (χ2n) is 4.55. The minimum Gasteiger partial charge on any atom is -0.454 e. The van der Waals surface area contributed by atoms with Crippen molar-refractivity contribution >= 4 is 12.1 Å². The van der Waals surface area contributed by atoms with Crippen molar-refractivity contribution in [2.45, 2.75) is 0 Å². The lowest BCUT2D eigenvalue weighted by molar-refractivity contribution is 0.0800. The van der Waals surface area contributed by atoms with Gasteiger partial charge in [-0.3, -0.25) is 4.79 Å². The Hall–Kier alpha value is -2.82. The summed E-state index contributed by atoms with van der Waals surface area (Å²) in [6, 6.07) is 14.7. The number of ether oxygens (including phenoxy) is 2. The van der Waals surface area contributed by atoms with E-state index >= 15 is 0 Å². The molecule has 1 amide bonds. The van der Waals surface area contributed by atoms with Gasteiger partial charge in [-0.15, -0.1) is 0 Å². The minimum absolute atomic E-state index is 0.189. The summed E-state index contributed by atoms with van der Waals surface area (Å²) in [5.41, 5.74) is 1.44. The lowest BCUT2D eigenvalue weighted by Gasteiger charge is -2.11. The van der Waals surface area contributed by atoms with E-state index in [0.29, 0.717) is 17.1 Å². The third-order valence-electron chi connectivity index (χ3n) is 3.09. The molecule has 21 heavy (non-hydrogen) atoms. The summed E-state index contributed by atoms with van der Waals surface area (Å²) in [6.07, 6.45) is 1.64. The topological polar surface area (TPSA) is 51.1 Å². The van der Waals surface area contributed by atoms with Crippen molar-refractivity contribution in [2.24, 2.45) is 5.10 Å². The number of hydrogen-bond acceptors (Lipinski definition) is 4. The van der Waals surface area contributed by atoms with Crippen LogP contribution in [-0.2, 0) is 0 Å². The predicted molar refractivity (Wildman–Crippen MR) is 78.7 cm³/mol. The minimum atomic E-state index is -0.208. The van der Waals surface area contributed by atoms with Gasteiger partial charge < -0.3 is 9.47 Å². The van der Waals surface area contributed by atoms with E-state index < -0.39 is 0 Å². The highest BCUT2D eigenvalue weighted by molar-refractivity contribution is 5.95. The Kier molecular flexibility index (Phi) is 3.55. The highest BCUT2D eigenvalue weighted by Crippen LogP contribution is 2.32. The molecule has 0 bridgehead atoms. The smallest absolute Gasteiger partial charge is 0.273 e. The van der Waals surface area contributed by atoms with Gasteiger partial charge in [0.05, 0.1) is 6.21 Å². The highest BCUT2D eigenvalue weighted by Gasteiger charge is 2.17. The van der Waals surface area contributed by atoms with Crippen LogP contribution in [0.4, 0.5) is 0 Å². The van der Waals surface area contributed by atoms with E-state index in [4.69, 9.17) is 9.47 Å². The molecule has 1 heterocycles. The molecule has 0 radical (unpaired) electrons. The summed E-state index contributed by atoms with van der Waals surface area (Å²) in [4.78, 5) is 12.3. The molecule has 106 valence electrons. The number of nitrogens with zero attached hydrogens (tertiary/aromatic N) is 2. The molecule has 0 aromatic heterocycles. The van der Waals surface area contributed by atoms with Crippen molar-refractivity contribution in [3.8, 4) is 11.5 Å². The van der Waals surface area contributed by atoms with Crippen LogP contribution in [0.3, 0.4) is 0 Å². The average Bonchev–Trinajstić information content (AvgIpc) is 3.00. The zero-order valence-corrected chi connectivity index (χ0v) is 11.5. The third kappa shape index (κ3) is 2.86. The van der Waals surface area contributed by atoms with Crippen molar-refractivity contribution in [1.29, 1.82) is 0 Å². The first kappa shape index (κ1) is 13.2. The molecule has 0 saturated carbocycles. The Bertz CT molecular complexity index is 683. The highest BCUT2D eigenvalue weighted by atomic mass is 16.7. The van der Waals surface area contributed by atoms with Crippen LogP contribution in [0.5, 0.6) is 11.5 Å². The maximum atomic E-state index is 12.3. The first-order valence-corrected chi connectivity index (χ1v) is 6.51. The molecule has 5 heteroatoms. The summed E-state index contributed by atoms with van der Waals surface area (Å²) < 4.78 is 10.5. The predicted octanol–water partition coefficient (Wildman–Crippen LogP) is 2.52. The van der Waals surface area contributed by atoms with Crippen molar-refractivity contribution in [3.05, 3.63) is 59.7 Å². The lowest BCUT2D eigenvalue weighted by atomic mass is 10.2. The van der Waals surface area contributed by atoms with Crippen molar-refractivity contribution in [3.63, 3.8) is 0 Å². The maximum Gasteiger partial charge on any atom is 0.273 e. The Morgan fingerprint density at radius 2 is 1.90 bits per heavy atom. The van der Waals surface area contributed by atoms with Crippen LogP contribution < -0.4 is 9.47 Å². The Balaban J connectivity index is 1.74. The van der Waals surface area contributed by atoms with E-state index in [1.807, 2.05) is 30.3 Å². The van der Waals surface area contributed by atoms with Gasteiger partial charge in [0, 0.05) is 12.6 Å². The van der Waals surface area contributed by atoms with E-state index in [1.54, 1.807) is 31.5 Å². The van der Waals surface area contributed by atoms with Crippen LogP contribution in [0, 0.1) is 0 Å². The number of hydrogen-bond donors (Lipinski definition) is 0. The summed E-state index contributed by atoms with van der Waals surface area (Å²) in [6.45, 7) is 0.189. The van der Waals surface area contributed by atoms with Crippen LogP contribution in [0.1, 0.15) is 15.9 Å². The van der Waals surface area contributed by atoms with E-state index in [0.717, 1.165) is 5.56 Å². The molecular weight excluding hydrogens is 268 g/mol. The SMILES string of the molecule is CN(/N=C/c1ccccc1)C(=O)c1ccc2c(c1)OCO2. The fourth-order valence-electron chi connectivity index (χ4n) is 1.96. The fourth-order valence-corrected chi connectivity index (χ4v) is 1.96. The van der Waals surface area contributed by atoms with E-state index in [1.165, 1.54) is 5.01 Å². The maximum absolute atomic E-state index is 12.3. The number of carbonyl (C=O) groups excluding carboxylic acids is 1. The van der Waals surface area contributed by atoms with Crippen molar-refractivity contribution in [2.75, 3.05) is 13.8 Å². The van der Waals surface area contributed by atoms with Gasteiger partial charge in [-0.05, 0) is 23.8 Å². The van der Waals surface area contributed by atoms with Crippen LogP contribution in [0.15, 0.2) is 53.6 Å². The van der Waals surface area contributed by atoms with Crippen LogP contribution in [0.25, 0.3) is 0 Å². The van der Waals surface area contributed by atoms with Crippen LogP contribution >= 0.6 is 0 Å². The number of carbonyl (C=O) groups is 1. The molecule has 0 saturated heterocycles. The zero-order valence-electron chi connectivity index (χ0n) is 11.5. The largest absolute Gasteiger partial charge is 0.454 e. The summed E-state index contributed by atoms with van der Waals surface area (Å²) in [7, 11) is 1.62. The van der Waals surface area contributed by atoms with Gasteiger partial charge in [-0.1, -0.05) is 30.3 Å². The summed E-state index contributed by atoms with van der Waals surface area (Å²) in [5, 5.41) is 5.45. The molecule has 0 fully saturated rings. The molecule has 1 aliphatic rings. The van der Waals surface area contributed by atoms with Crippen molar-refractivity contribution in [1.82, 2.24) is 5.01 Å². The lowest BCUT2D eigenvalue weighted by Crippen LogP contribution is -2.21. The monoisotopic (exact) mass is 282 g/mol. The number of hydrazone groups is 1. The van der Waals surface area contributed by atoms with Crippen LogP contribution in [0.2, 0.25) is 0 Å². The molecule has 3 rings (SSSR count). The third-order valence-corrected chi connectivity index (χ3v) is 3.09. The zero-order chi connectivity index (χ0) is 14.7. The van der Waals surface area contributed by atoms with E-state index in [-0.39, 0.29) is 12.7 Å². The first-order valence-electron chi connectivity index (χ1n) is 6.51. The normalized spacial score (nSPS) is 12.6. The van der Waals surface area contributed by atoms with E-state index in [9.17, 15) is 4.79 Å². The number of rotatable bonds is 3. The van der Waals surface area contributed by atoms with Gasteiger partial charge >= 0.3 is 0 Å². The molecule has 5 nitrogen and oxygen atoms in total. The number of amides is 1. The quantitative estimate of drug-likeness (QED) is 0.642. The Labute approximate surface area is 122 Å². The second-order valence-corrected chi connectivity index (χ2v) is 4.55. The van der Waals surface area contributed by atoms with Gasteiger partial charge in [-0.2, -0.15) is 5.10 Å². The molecule has 0 unspecified atom stereocenters. The summed E-state index contributed by atoms with van der Waals surface area (Å²) in [5.74, 6) is 1.03. The van der Waals surface area contributed by atoms with Gasteiger partial charge in [0.25, 0.3) is 5.91 Å². The number of benzene rings is 2. The molecule has 0 aliphatic carbocycles. The Morgan fingerprint density at radius 3 is 2.71 bits per heavy atom. The summed E-state index contributed by atoms with van der Waals surface area (Å²) >= 11 is 0. The molecule has 0 spiro atoms. The van der Waals surface area contributed by atoms with Gasteiger partial charge in [0.2, 0.25) is 6.79 Å². The van der Waals surface area contributed by atoms with E-state index in [2.05, 4.69) is 5.10 Å². The Morgan fingerprint density at radius 1 is 1.14 bits per heavy atom. The first-order chi connectivity index (χ1) is 10.2. The molecule has 0 atom stereocenters. The standard InChI is InChI=1S/C16H14N2O3/c1-18(17-10-12-5-3-2-4-6-12)16(19)13-7-8-14-15(9-13)21-11-20-14/h2-10H,11H2,1H3/b17-10+. The average molecular weight is 282 g/mol. The molecule has 0 N–H and O–H groups in total. The van der Waals surface area contributed by atoms with Gasteiger partial charge in [0.1, 0.15) is 0 Å². The molecular formula is C16H14N2O3. The van der Waals surface area contributed by atoms with Crippen molar-refractivity contribution < 1.29 is 14.3 Å². The molecule has 1 aliphatic heterocycles. The fraction of sp³-hybridized carbons (Fsp3) is 0.125. The van der Waals surface area contributed by atoms with Crippen LogP contribution in [-0.4, -0.2) is 31.0 Å².